The van der Waals surface area contributed by atoms with Crippen molar-refractivity contribution < 1.29 is 4.79 Å². The minimum atomic E-state index is -0.352. The highest BCUT2D eigenvalue weighted by atomic mass is 16.2. The first kappa shape index (κ1) is 20.5. The van der Waals surface area contributed by atoms with E-state index in [9.17, 15) is 9.59 Å². The quantitative estimate of drug-likeness (QED) is 0.813. The lowest BCUT2D eigenvalue weighted by Crippen LogP contribution is -2.52. The third-order valence-corrected chi connectivity index (χ3v) is 5.50. The van der Waals surface area contributed by atoms with E-state index in [1.54, 1.807) is 0 Å². The van der Waals surface area contributed by atoms with Crippen molar-refractivity contribution >= 4 is 16.8 Å². The molecule has 1 amide bonds. The Hall–Kier alpha value is -2.21. The molecule has 1 aliphatic rings. The van der Waals surface area contributed by atoms with E-state index in [0.29, 0.717) is 25.0 Å². The van der Waals surface area contributed by atoms with Gasteiger partial charge < -0.3 is 4.90 Å². The number of carbonyl (C=O) groups is 1. The van der Waals surface area contributed by atoms with Gasteiger partial charge in [-0.05, 0) is 25.5 Å². The van der Waals surface area contributed by atoms with Gasteiger partial charge in [0.25, 0.3) is 5.56 Å². The van der Waals surface area contributed by atoms with E-state index in [1.165, 1.54) is 0 Å². The lowest BCUT2D eigenvalue weighted by Gasteiger charge is -2.40. The normalized spacial score (nSPS) is 17.1. The van der Waals surface area contributed by atoms with E-state index < -0.39 is 0 Å². The summed E-state index contributed by atoms with van der Waals surface area (Å²) in [5, 5.41) is 0.674. The van der Waals surface area contributed by atoms with Crippen molar-refractivity contribution in [3.05, 3.63) is 40.4 Å². The third-order valence-electron chi connectivity index (χ3n) is 5.50. The van der Waals surface area contributed by atoms with Crippen molar-refractivity contribution in [2.75, 3.05) is 26.2 Å². The largest absolute Gasteiger partial charge is 0.340 e. The molecule has 1 atom stereocenters. The van der Waals surface area contributed by atoms with Gasteiger partial charge in [0.05, 0.1) is 16.9 Å². The molecule has 0 spiro atoms. The minimum absolute atomic E-state index is 0.0238. The lowest BCUT2D eigenvalue weighted by molar-refractivity contribution is -0.141. The number of piperazine rings is 1. The molecule has 3 rings (SSSR count). The Morgan fingerprint density at radius 3 is 2.39 bits per heavy atom. The highest BCUT2D eigenvalue weighted by molar-refractivity contribution is 5.81. The molecule has 6 heteroatoms. The Morgan fingerprint density at radius 1 is 1.14 bits per heavy atom. The van der Waals surface area contributed by atoms with Crippen molar-refractivity contribution in [3.63, 3.8) is 0 Å². The summed E-state index contributed by atoms with van der Waals surface area (Å²) in [6.45, 7) is 13.8. The molecule has 0 N–H and O–H groups in total. The fourth-order valence-corrected chi connectivity index (χ4v) is 3.89. The first-order valence-electron chi connectivity index (χ1n) is 10.3. The first-order valence-corrected chi connectivity index (χ1v) is 10.3. The number of para-hydroxylation sites is 1. The van der Waals surface area contributed by atoms with Crippen LogP contribution in [0.2, 0.25) is 0 Å². The van der Waals surface area contributed by atoms with Gasteiger partial charge in [0.15, 0.2) is 0 Å². The second-order valence-electron chi connectivity index (χ2n) is 8.70. The average molecular weight is 385 g/mol. The Labute approximate surface area is 167 Å². The average Bonchev–Trinajstić information content (AvgIpc) is 2.68. The van der Waals surface area contributed by atoms with Crippen LogP contribution in [0, 0.1) is 5.41 Å². The zero-order valence-corrected chi connectivity index (χ0v) is 17.7. The number of amides is 1. The Morgan fingerprint density at radius 2 is 1.79 bits per heavy atom. The molecule has 0 bridgehead atoms. The van der Waals surface area contributed by atoms with E-state index >= 15 is 0 Å². The maximum Gasteiger partial charge on any atom is 0.261 e. The zero-order chi connectivity index (χ0) is 20.5. The molecule has 0 aliphatic carbocycles. The summed E-state index contributed by atoms with van der Waals surface area (Å²) in [5.74, 6) is 1.02. The fraction of sp³-hybridized carbons (Fsp3) is 0.591. The molecule has 2 heterocycles. The smallest absolute Gasteiger partial charge is 0.261 e. The second kappa shape index (κ2) is 8.03. The van der Waals surface area contributed by atoms with Gasteiger partial charge in [0, 0.05) is 38.1 Å². The Balaban J connectivity index is 1.86. The van der Waals surface area contributed by atoms with Crippen molar-refractivity contribution in [1.29, 1.82) is 0 Å². The van der Waals surface area contributed by atoms with Crippen molar-refractivity contribution in [3.8, 4) is 0 Å². The molecule has 152 valence electrons. The second-order valence-corrected chi connectivity index (χ2v) is 8.70. The molecule has 1 fully saturated rings. The van der Waals surface area contributed by atoms with Crippen LogP contribution >= 0.6 is 0 Å². The van der Waals surface area contributed by atoms with Gasteiger partial charge in [-0.2, -0.15) is 0 Å². The highest BCUT2D eigenvalue weighted by Gasteiger charge is 2.32. The number of hydrogen-bond acceptors (Lipinski definition) is 4. The van der Waals surface area contributed by atoms with Gasteiger partial charge in [-0.15, -0.1) is 0 Å². The van der Waals surface area contributed by atoms with Gasteiger partial charge in [-0.1, -0.05) is 39.8 Å². The molecule has 2 aromatic rings. The fourth-order valence-electron chi connectivity index (χ4n) is 3.89. The minimum Gasteiger partial charge on any atom is -0.340 e. The number of aromatic nitrogens is 2. The molecule has 1 aromatic carbocycles. The van der Waals surface area contributed by atoms with E-state index in [4.69, 9.17) is 4.98 Å². The summed E-state index contributed by atoms with van der Waals surface area (Å²) in [6.07, 6.45) is 0.882. The predicted molar refractivity (Wildman–Crippen MR) is 112 cm³/mol. The summed E-state index contributed by atoms with van der Waals surface area (Å²) < 4.78 is 1.83. The Bertz CT molecular complexity index is 905. The molecular weight excluding hydrogens is 352 g/mol. The third kappa shape index (κ3) is 3.97. The molecule has 1 aliphatic heterocycles. The topological polar surface area (TPSA) is 58.4 Å². The molecule has 1 aromatic heterocycles. The van der Waals surface area contributed by atoms with Crippen LogP contribution in [0.25, 0.3) is 10.9 Å². The van der Waals surface area contributed by atoms with Gasteiger partial charge in [0.1, 0.15) is 5.82 Å². The van der Waals surface area contributed by atoms with Crippen LogP contribution in [0.4, 0.5) is 0 Å². The van der Waals surface area contributed by atoms with Crippen molar-refractivity contribution in [1.82, 2.24) is 19.4 Å². The van der Waals surface area contributed by atoms with E-state index in [-0.39, 0.29) is 22.9 Å². The summed E-state index contributed by atoms with van der Waals surface area (Å²) in [4.78, 5) is 34.7. The van der Waals surface area contributed by atoms with Crippen LogP contribution in [0.3, 0.4) is 0 Å². The summed E-state index contributed by atoms with van der Waals surface area (Å²) in [7, 11) is 0. The van der Waals surface area contributed by atoms with E-state index in [2.05, 4.69) is 18.7 Å². The number of hydrogen-bond donors (Lipinski definition) is 0. The molecule has 28 heavy (non-hydrogen) atoms. The monoisotopic (exact) mass is 384 g/mol. The van der Waals surface area contributed by atoms with E-state index in [1.807, 2.05) is 54.5 Å². The van der Waals surface area contributed by atoms with Crippen LogP contribution in [-0.4, -0.2) is 51.4 Å². The van der Waals surface area contributed by atoms with Crippen LogP contribution in [-0.2, 0) is 11.3 Å². The maximum absolute atomic E-state index is 13.0. The molecule has 6 nitrogen and oxygen atoms in total. The van der Waals surface area contributed by atoms with E-state index in [0.717, 1.165) is 30.9 Å². The Kier molecular flexibility index (Phi) is 5.89. The van der Waals surface area contributed by atoms with Crippen molar-refractivity contribution in [2.45, 2.75) is 53.6 Å². The van der Waals surface area contributed by atoms with Gasteiger partial charge in [-0.25, -0.2) is 4.98 Å². The molecule has 0 radical (unpaired) electrons. The summed E-state index contributed by atoms with van der Waals surface area (Å²) >= 11 is 0. The summed E-state index contributed by atoms with van der Waals surface area (Å²) in [5.41, 5.74) is 0.439. The standard InChI is InChI=1S/C22H32N4O2/c1-6-11-26-19(23-18-10-8-7-9-17(18)20(26)27)16(2)24-12-14-25(15-13-24)21(28)22(3,4)5/h7-10,16H,6,11-15H2,1-5H3. The number of rotatable bonds is 4. The number of fused-ring (bicyclic) bond motifs is 1. The molecular formula is C22H32N4O2. The van der Waals surface area contributed by atoms with Crippen molar-refractivity contribution in [2.24, 2.45) is 5.41 Å². The van der Waals surface area contributed by atoms with Gasteiger partial charge in [-0.3, -0.25) is 19.1 Å². The van der Waals surface area contributed by atoms with Gasteiger partial charge >= 0.3 is 0 Å². The lowest BCUT2D eigenvalue weighted by atomic mass is 9.94. The number of carbonyl (C=O) groups excluding carboxylic acids is 1. The summed E-state index contributed by atoms with van der Waals surface area (Å²) in [6, 6.07) is 7.59. The first-order chi connectivity index (χ1) is 13.2. The predicted octanol–water partition coefficient (Wildman–Crippen LogP) is 3.06. The zero-order valence-electron chi connectivity index (χ0n) is 17.7. The number of nitrogens with zero attached hydrogens (tertiary/aromatic N) is 4. The van der Waals surface area contributed by atoms with Crippen LogP contribution in [0.1, 0.15) is 52.9 Å². The number of benzene rings is 1. The molecule has 1 saturated heterocycles. The highest BCUT2D eigenvalue weighted by Crippen LogP contribution is 2.24. The van der Waals surface area contributed by atoms with Crippen LogP contribution in [0.15, 0.2) is 29.1 Å². The van der Waals surface area contributed by atoms with Gasteiger partial charge in [0.2, 0.25) is 5.91 Å². The van der Waals surface area contributed by atoms with Crippen LogP contribution < -0.4 is 5.56 Å². The molecule has 1 unspecified atom stereocenters. The molecule has 0 saturated carbocycles. The maximum atomic E-state index is 13.0. The SMILES string of the molecule is CCCn1c(C(C)N2CCN(C(=O)C(C)(C)C)CC2)nc2ccccc2c1=O. The van der Waals surface area contributed by atoms with Crippen LogP contribution in [0.5, 0.6) is 0 Å².